The first-order valence-electron chi connectivity index (χ1n) is 6.12. The fourth-order valence-corrected chi connectivity index (χ4v) is 2.28. The zero-order valence-electron chi connectivity index (χ0n) is 10.2. The normalized spacial score (nSPS) is 18.3. The minimum absolute atomic E-state index is 0.0789. The van der Waals surface area contributed by atoms with Crippen molar-refractivity contribution in [3.05, 3.63) is 60.4 Å². The van der Waals surface area contributed by atoms with Crippen LogP contribution in [0.3, 0.4) is 0 Å². The monoisotopic (exact) mass is 252 g/mol. The van der Waals surface area contributed by atoms with E-state index in [2.05, 4.69) is 0 Å². The first-order valence-corrected chi connectivity index (χ1v) is 6.12. The number of fused-ring (bicyclic) bond motifs is 1. The largest absolute Gasteiger partial charge is 0.489 e. The predicted molar refractivity (Wildman–Crippen MR) is 71.9 cm³/mol. The maximum Gasteiger partial charge on any atom is 0.204 e. The van der Waals surface area contributed by atoms with Crippen molar-refractivity contribution < 1.29 is 14.3 Å². The van der Waals surface area contributed by atoms with Crippen LogP contribution in [0.25, 0.3) is 10.8 Å². The van der Waals surface area contributed by atoms with Gasteiger partial charge in [-0.1, -0.05) is 42.5 Å². The standard InChI is InChI=1S/C16H12O3/c17-12-8-9-19-15(10-12)16(18)14-7-3-5-11-4-1-2-6-13(11)14/h1-9,15H,10H2/t15-/m1/s1. The lowest BCUT2D eigenvalue weighted by Gasteiger charge is -2.18. The first kappa shape index (κ1) is 11.7. The van der Waals surface area contributed by atoms with Gasteiger partial charge in [0.15, 0.2) is 11.9 Å². The molecule has 94 valence electrons. The summed E-state index contributed by atoms with van der Waals surface area (Å²) < 4.78 is 5.26. The van der Waals surface area contributed by atoms with E-state index in [0.29, 0.717) is 5.56 Å². The zero-order valence-corrected chi connectivity index (χ0v) is 10.2. The van der Waals surface area contributed by atoms with E-state index in [1.165, 1.54) is 12.3 Å². The number of Topliss-reactive ketones (excluding diaryl/α,β-unsaturated/α-hetero) is 1. The Bertz CT molecular complexity index is 680. The molecule has 1 aliphatic heterocycles. The third kappa shape index (κ3) is 2.15. The van der Waals surface area contributed by atoms with E-state index in [9.17, 15) is 9.59 Å². The predicted octanol–water partition coefficient (Wildman–Crippen LogP) is 2.89. The van der Waals surface area contributed by atoms with Gasteiger partial charge in [0, 0.05) is 11.6 Å². The molecule has 1 heterocycles. The Kier molecular flexibility index (Phi) is 2.88. The molecule has 0 unspecified atom stereocenters. The van der Waals surface area contributed by atoms with Crippen LogP contribution in [0.1, 0.15) is 16.8 Å². The van der Waals surface area contributed by atoms with Crippen molar-refractivity contribution in [2.45, 2.75) is 12.5 Å². The average Bonchev–Trinajstić information content (AvgIpc) is 2.46. The number of allylic oxidation sites excluding steroid dienone is 1. The number of ketones is 2. The van der Waals surface area contributed by atoms with Gasteiger partial charge in [-0.2, -0.15) is 0 Å². The molecule has 3 heteroatoms. The summed E-state index contributed by atoms with van der Waals surface area (Å²) >= 11 is 0. The van der Waals surface area contributed by atoms with Crippen LogP contribution in [0.2, 0.25) is 0 Å². The molecular formula is C16H12O3. The summed E-state index contributed by atoms with van der Waals surface area (Å²) in [5.74, 6) is -0.223. The van der Waals surface area contributed by atoms with Gasteiger partial charge < -0.3 is 4.74 Å². The number of hydrogen-bond donors (Lipinski definition) is 0. The highest BCUT2D eigenvalue weighted by Gasteiger charge is 2.26. The maximum atomic E-state index is 12.4. The van der Waals surface area contributed by atoms with Crippen LogP contribution >= 0.6 is 0 Å². The van der Waals surface area contributed by atoms with Crippen molar-refractivity contribution in [3.63, 3.8) is 0 Å². The van der Waals surface area contributed by atoms with Crippen molar-refractivity contribution in [2.24, 2.45) is 0 Å². The molecule has 0 saturated carbocycles. The van der Waals surface area contributed by atoms with Gasteiger partial charge in [-0.05, 0) is 10.8 Å². The number of carbonyl (C=O) groups is 2. The Morgan fingerprint density at radius 2 is 1.89 bits per heavy atom. The smallest absolute Gasteiger partial charge is 0.204 e. The molecular weight excluding hydrogens is 240 g/mol. The van der Waals surface area contributed by atoms with E-state index in [-0.39, 0.29) is 18.0 Å². The lowest BCUT2D eigenvalue weighted by atomic mass is 9.96. The van der Waals surface area contributed by atoms with Crippen LogP contribution in [0.4, 0.5) is 0 Å². The van der Waals surface area contributed by atoms with E-state index >= 15 is 0 Å². The van der Waals surface area contributed by atoms with Crippen molar-refractivity contribution in [1.82, 2.24) is 0 Å². The molecule has 0 saturated heterocycles. The number of rotatable bonds is 2. The molecule has 0 radical (unpaired) electrons. The molecule has 0 aliphatic carbocycles. The number of ether oxygens (including phenoxy) is 1. The average molecular weight is 252 g/mol. The fourth-order valence-electron chi connectivity index (χ4n) is 2.28. The summed E-state index contributed by atoms with van der Waals surface area (Å²) in [6.45, 7) is 0. The summed E-state index contributed by atoms with van der Waals surface area (Å²) in [5.41, 5.74) is 0.603. The number of carbonyl (C=O) groups excluding carboxylic acids is 2. The molecule has 19 heavy (non-hydrogen) atoms. The summed E-state index contributed by atoms with van der Waals surface area (Å²) in [5, 5.41) is 1.90. The summed E-state index contributed by atoms with van der Waals surface area (Å²) in [4.78, 5) is 23.8. The van der Waals surface area contributed by atoms with Gasteiger partial charge in [0.1, 0.15) is 0 Å². The molecule has 3 rings (SSSR count). The van der Waals surface area contributed by atoms with Gasteiger partial charge in [-0.25, -0.2) is 0 Å². The highest BCUT2D eigenvalue weighted by atomic mass is 16.5. The van der Waals surface area contributed by atoms with Crippen molar-refractivity contribution in [1.29, 1.82) is 0 Å². The van der Waals surface area contributed by atoms with Gasteiger partial charge >= 0.3 is 0 Å². The molecule has 0 amide bonds. The summed E-state index contributed by atoms with van der Waals surface area (Å²) in [7, 11) is 0. The Hall–Kier alpha value is -2.42. The van der Waals surface area contributed by atoms with Crippen molar-refractivity contribution in [3.8, 4) is 0 Å². The quantitative estimate of drug-likeness (QED) is 0.772. The Labute approximate surface area is 110 Å². The molecule has 2 aromatic rings. The highest BCUT2D eigenvalue weighted by Crippen LogP contribution is 2.22. The molecule has 0 spiro atoms. The van der Waals surface area contributed by atoms with Crippen LogP contribution in [0.5, 0.6) is 0 Å². The van der Waals surface area contributed by atoms with Crippen LogP contribution in [0, 0.1) is 0 Å². The second-order valence-electron chi connectivity index (χ2n) is 4.49. The lowest BCUT2D eigenvalue weighted by molar-refractivity contribution is -0.117. The number of benzene rings is 2. The Morgan fingerprint density at radius 3 is 2.74 bits per heavy atom. The van der Waals surface area contributed by atoms with Gasteiger partial charge in [-0.15, -0.1) is 0 Å². The van der Waals surface area contributed by atoms with Gasteiger partial charge in [0.25, 0.3) is 0 Å². The van der Waals surface area contributed by atoms with Crippen molar-refractivity contribution in [2.75, 3.05) is 0 Å². The third-order valence-corrected chi connectivity index (χ3v) is 3.23. The topological polar surface area (TPSA) is 43.4 Å². The minimum atomic E-state index is -0.705. The van der Waals surface area contributed by atoms with Crippen LogP contribution in [0.15, 0.2) is 54.8 Å². The molecule has 0 fully saturated rings. The SMILES string of the molecule is O=C1C=CO[C@@H](C(=O)c2cccc3ccccc23)C1. The summed E-state index contributed by atoms with van der Waals surface area (Å²) in [6, 6.07) is 13.3. The minimum Gasteiger partial charge on any atom is -0.489 e. The first-order chi connectivity index (χ1) is 9.25. The third-order valence-electron chi connectivity index (χ3n) is 3.23. The Balaban J connectivity index is 2.02. The van der Waals surface area contributed by atoms with Crippen LogP contribution < -0.4 is 0 Å². The second kappa shape index (κ2) is 4.69. The van der Waals surface area contributed by atoms with E-state index in [0.717, 1.165) is 10.8 Å². The zero-order chi connectivity index (χ0) is 13.2. The van der Waals surface area contributed by atoms with Gasteiger partial charge in [0.2, 0.25) is 5.78 Å². The lowest BCUT2D eigenvalue weighted by Crippen LogP contribution is -2.28. The molecule has 1 atom stereocenters. The van der Waals surface area contributed by atoms with Crippen molar-refractivity contribution >= 4 is 22.3 Å². The molecule has 0 aromatic heterocycles. The van der Waals surface area contributed by atoms with E-state index in [4.69, 9.17) is 4.74 Å². The fraction of sp³-hybridized carbons (Fsp3) is 0.125. The van der Waals surface area contributed by atoms with Crippen LogP contribution in [-0.2, 0) is 9.53 Å². The maximum absolute atomic E-state index is 12.4. The van der Waals surface area contributed by atoms with E-state index in [1.54, 1.807) is 6.07 Å². The second-order valence-corrected chi connectivity index (χ2v) is 4.49. The molecule has 0 N–H and O–H groups in total. The molecule has 0 bridgehead atoms. The van der Waals surface area contributed by atoms with E-state index < -0.39 is 6.10 Å². The van der Waals surface area contributed by atoms with Gasteiger partial charge in [0.05, 0.1) is 12.7 Å². The number of hydrogen-bond acceptors (Lipinski definition) is 3. The van der Waals surface area contributed by atoms with Gasteiger partial charge in [-0.3, -0.25) is 9.59 Å². The molecule has 1 aliphatic rings. The summed E-state index contributed by atoms with van der Waals surface area (Å²) in [6.07, 6.45) is 2.06. The van der Waals surface area contributed by atoms with Crippen LogP contribution in [-0.4, -0.2) is 17.7 Å². The highest BCUT2D eigenvalue weighted by molar-refractivity contribution is 6.11. The molecule has 2 aromatic carbocycles. The van der Waals surface area contributed by atoms with E-state index in [1.807, 2.05) is 36.4 Å². The molecule has 3 nitrogen and oxygen atoms in total. The Morgan fingerprint density at radius 1 is 1.11 bits per heavy atom.